The predicted octanol–water partition coefficient (Wildman–Crippen LogP) is 3.90. The van der Waals surface area contributed by atoms with Crippen molar-refractivity contribution in [1.82, 2.24) is 9.71 Å². The van der Waals surface area contributed by atoms with Crippen LogP contribution in [0, 0.1) is 0 Å². The minimum Gasteiger partial charge on any atom is -0.487 e. The molecule has 1 aromatic heterocycles. The van der Waals surface area contributed by atoms with Gasteiger partial charge in [-0.3, -0.25) is 19.5 Å². The summed E-state index contributed by atoms with van der Waals surface area (Å²) in [4.78, 5) is 22.0. The summed E-state index contributed by atoms with van der Waals surface area (Å²) in [5, 5.41) is 2.89. The number of sulfonamides is 1. The van der Waals surface area contributed by atoms with Crippen LogP contribution in [0.15, 0.2) is 82.8 Å². The number of fused-ring (bicyclic) bond motifs is 1. The van der Waals surface area contributed by atoms with E-state index in [9.17, 15) is 13.2 Å². The second-order valence-corrected chi connectivity index (χ2v) is 9.52. The molecule has 0 fully saturated rings. The molecule has 0 spiro atoms. The lowest BCUT2D eigenvalue weighted by Gasteiger charge is -2.15. The number of benzene rings is 2. The highest BCUT2D eigenvalue weighted by Gasteiger charge is 2.31. The molecule has 2 N–H and O–H groups in total. The van der Waals surface area contributed by atoms with Gasteiger partial charge < -0.3 is 10.1 Å². The van der Waals surface area contributed by atoms with Crippen LogP contribution in [-0.2, 0) is 21.4 Å². The second kappa shape index (κ2) is 10.5. The summed E-state index contributed by atoms with van der Waals surface area (Å²) in [7, 11) is -3.67. The summed E-state index contributed by atoms with van der Waals surface area (Å²) >= 11 is 0. The van der Waals surface area contributed by atoms with Crippen LogP contribution in [0.2, 0.25) is 0 Å². The Hall–Kier alpha value is -3.72. The lowest BCUT2D eigenvalue weighted by molar-refractivity contribution is -0.117. The van der Waals surface area contributed by atoms with E-state index in [0.29, 0.717) is 30.0 Å². The van der Waals surface area contributed by atoms with Crippen LogP contribution >= 0.6 is 0 Å². The van der Waals surface area contributed by atoms with E-state index in [2.05, 4.69) is 20.0 Å². The Morgan fingerprint density at radius 1 is 1.12 bits per heavy atom. The van der Waals surface area contributed by atoms with Crippen molar-refractivity contribution in [3.63, 3.8) is 0 Å². The Kier molecular flexibility index (Phi) is 7.22. The summed E-state index contributed by atoms with van der Waals surface area (Å²) in [5.74, 6) is 0.475. The Morgan fingerprint density at radius 3 is 2.74 bits per heavy atom. The zero-order valence-corrected chi connectivity index (χ0v) is 19.6. The predicted molar refractivity (Wildman–Crippen MR) is 130 cm³/mol. The molecule has 1 amide bonds. The molecular weight excluding hydrogens is 452 g/mol. The van der Waals surface area contributed by atoms with Crippen LogP contribution < -0.4 is 14.8 Å². The fourth-order valence-corrected chi connectivity index (χ4v) is 4.81. The molecule has 8 nitrogen and oxygen atoms in total. The molecule has 2 heterocycles. The molecule has 9 heteroatoms. The van der Waals surface area contributed by atoms with E-state index < -0.39 is 16.1 Å². The maximum absolute atomic E-state index is 13.1. The summed E-state index contributed by atoms with van der Waals surface area (Å²) in [6.07, 6.45) is 3.85. The molecule has 1 unspecified atom stereocenters. The molecule has 2 aromatic carbocycles. The third-order valence-corrected chi connectivity index (χ3v) is 6.69. The summed E-state index contributed by atoms with van der Waals surface area (Å²) in [5.41, 5.74) is 1.84. The molecule has 0 aliphatic carbocycles. The minimum atomic E-state index is -3.67. The third-order valence-electron chi connectivity index (χ3n) is 5.30. The molecule has 0 saturated carbocycles. The van der Waals surface area contributed by atoms with Gasteiger partial charge >= 0.3 is 0 Å². The highest BCUT2D eigenvalue weighted by Crippen LogP contribution is 2.24. The largest absolute Gasteiger partial charge is 0.487 e. The fourth-order valence-electron chi connectivity index (χ4n) is 3.57. The number of carbonyl (C=O) groups is 1. The molecule has 0 radical (unpaired) electrons. The molecule has 3 aromatic rings. The van der Waals surface area contributed by atoms with E-state index in [1.165, 1.54) is 6.07 Å². The van der Waals surface area contributed by atoms with Crippen LogP contribution in [0.3, 0.4) is 0 Å². The van der Waals surface area contributed by atoms with E-state index in [-0.39, 0.29) is 16.6 Å². The van der Waals surface area contributed by atoms with Crippen LogP contribution in [-0.4, -0.2) is 31.2 Å². The second-order valence-electron chi connectivity index (χ2n) is 7.86. The molecule has 0 saturated heterocycles. The minimum absolute atomic E-state index is 0.168. The van der Waals surface area contributed by atoms with Crippen molar-refractivity contribution in [2.75, 3.05) is 5.32 Å². The molecule has 1 atom stereocenters. The summed E-state index contributed by atoms with van der Waals surface area (Å²) in [6.45, 7) is 2.34. The van der Waals surface area contributed by atoms with Crippen LogP contribution in [0.5, 0.6) is 5.75 Å². The lowest BCUT2D eigenvalue weighted by atomic mass is 10.1. The monoisotopic (exact) mass is 478 g/mol. The van der Waals surface area contributed by atoms with Gasteiger partial charge in [0.2, 0.25) is 5.91 Å². The average Bonchev–Trinajstić information content (AvgIpc) is 3.11. The van der Waals surface area contributed by atoms with Crippen molar-refractivity contribution in [1.29, 1.82) is 0 Å². The van der Waals surface area contributed by atoms with Gasteiger partial charge in [0, 0.05) is 23.5 Å². The number of nitrogens with zero attached hydrogens (tertiary/aromatic N) is 2. The van der Waals surface area contributed by atoms with Gasteiger partial charge in [-0.25, -0.2) is 8.42 Å². The first kappa shape index (κ1) is 23.4. The standard InChI is InChI=1S/C25H26N4O4S/c1-2-3-13-22(28-24-21-12-4-5-14-23(21)34(31,32)29-24)25(30)27-18-10-8-11-20(16-18)33-17-19-9-6-7-15-26-19/h4-12,14-16,22H,2-3,13,17H2,1H3,(H,27,30)(H,28,29). The number of amidine groups is 1. The number of nitrogens with one attached hydrogen (secondary N) is 2. The smallest absolute Gasteiger partial charge is 0.263 e. The van der Waals surface area contributed by atoms with Gasteiger partial charge in [-0.05, 0) is 42.8 Å². The normalized spacial score (nSPS) is 15.9. The van der Waals surface area contributed by atoms with Crippen LogP contribution in [0.4, 0.5) is 5.69 Å². The Morgan fingerprint density at radius 2 is 1.94 bits per heavy atom. The Labute approximate surface area is 199 Å². The average molecular weight is 479 g/mol. The SMILES string of the molecule is CCCCC(N=C1NS(=O)(=O)c2ccccc21)C(=O)Nc1cccc(OCc2ccccn2)c1. The number of aromatic nitrogens is 1. The van der Waals surface area contributed by atoms with Crippen LogP contribution in [0.25, 0.3) is 0 Å². The highest BCUT2D eigenvalue weighted by atomic mass is 32.2. The first-order valence-electron chi connectivity index (χ1n) is 11.1. The van der Waals surface area contributed by atoms with Gasteiger partial charge in [0.15, 0.2) is 0 Å². The summed E-state index contributed by atoms with van der Waals surface area (Å²) in [6, 6.07) is 18.6. The van der Waals surface area contributed by atoms with Gasteiger partial charge in [-0.2, -0.15) is 0 Å². The third kappa shape index (κ3) is 5.60. The van der Waals surface area contributed by atoms with Gasteiger partial charge in [0.05, 0.1) is 10.6 Å². The molecule has 176 valence electrons. The van der Waals surface area contributed by atoms with Gasteiger partial charge in [-0.1, -0.05) is 44.0 Å². The number of hydrogen-bond acceptors (Lipinski definition) is 6. The number of hydrogen-bond donors (Lipinski definition) is 2. The molecule has 0 bridgehead atoms. The summed E-state index contributed by atoms with van der Waals surface area (Å²) < 4.78 is 33.1. The van der Waals surface area contributed by atoms with Crippen molar-refractivity contribution in [2.45, 2.75) is 43.7 Å². The maximum Gasteiger partial charge on any atom is 0.263 e. The van der Waals surface area contributed by atoms with Crippen molar-refractivity contribution in [2.24, 2.45) is 4.99 Å². The quantitative estimate of drug-likeness (QED) is 0.485. The van der Waals surface area contributed by atoms with E-state index in [0.717, 1.165) is 18.5 Å². The fraction of sp³-hybridized carbons (Fsp3) is 0.240. The van der Waals surface area contributed by atoms with E-state index >= 15 is 0 Å². The maximum atomic E-state index is 13.1. The molecule has 34 heavy (non-hydrogen) atoms. The number of rotatable bonds is 9. The lowest BCUT2D eigenvalue weighted by Crippen LogP contribution is -2.30. The number of carbonyl (C=O) groups excluding carboxylic acids is 1. The Balaban J connectivity index is 1.50. The van der Waals surface area contributed by atoms with Crippen molar-refractivity contribution < 1.29 is 17.9 Å². The number of aliphatic imine (C=N–C) groups is 1. The van der Waals surface area contributed by atoms with Crippen molar-refractivity contribution in [3.05, 3.63) is 84.2 Å². The van der Waals surface area contributed by atoms with E-state index in [4.69, 9.17) is 4.74 Å². The number of amides is 1. The number of unbranched alkanes of at least 4 members (excludes halogenated alkanes) is 1. The highest BCUT2D eigenvalue weighted by molar-refractivity contribution is 7.90. The zero-order chi connectivity index (χ0) is 24.0. The molecular formula is C25H26N4O4S. The van der Waals surface area contributed by atoms with Gasteiger partial charge in [-0.15, -0.1) is 0 Å². The molecule has 4 rings (SSSR count). The van der Waals surface area contributed by atoms with Gasteiger partial charge in [0.1, 0.15) is 24.2 Å². The van der Waals surface area contributed by atoms with E-state index in [1.807, 2.05) is 25.1 Å². The first-order valence-corrected chi connectivity index (χ1v) is 12.6. The van der Waals surface area contributed by atoms with Crippen molar-refractivity contribution in [3.8, 4) is 5.75 Å². The first-order chi connectivity index (χ1) is 16.5. The zero-order valence-electron chi connectivity index (χ0n) is 18.8. The van der Waals surface area contributed by atoms with Crippen LogP contribution in [0.1, 0.15) is 37.4 Å². The number of anilines is 1. The van der Waals surface area contributed by atoms with Crippen molar-refractivity contribution >= 4 is 27.5 Å². The Bertz CT molecular complexity index is 1290. The molecule has 1 aliphatic heterocycles. The number of ether oxygens (including phenoxy) is 1. The topological polar surface area (TPSA) is 110 Å². The van der Waals surface area contributed by atoms with E-state index in [1.54, 1.807) is 48.7 Å². The number of pyridine rings is 1. The molecule has 1 aliphatic rings. The van der Waals surface area contributed by atoms with Gasteiger partial charge in [0.25, 0.3) is 10.0 Å².